The number of hydrogen-bond donors (Lipinski definition) is 2. The van der Waals surface area contributed by atoms with Crippen LogP contribution in [-0.2, 0) is 4.79 Å². The molecule has 0 saturated carbocycles. The minimum atomic E-state index is -0.565. The average molecular weight is 286 g/mol. The zero-order valence-electron chi connectivity index (χ0n) is 11.3. The SMILES string of the molecule is CC(=O)N[C@@H](c1ccc([N+](=O)[O-])cc1)c1ccccc1O. The number of carbonyl (C=O) groups excluding carboxylic acids is 1. The molecule has 6 nitrogen and oxygen atoms in total. The lowest BCUT2D eigenvalue weighted by Crippen LogP contribution is -2.26. The molecular formula is C15H14N2O4. The molecule has 2 aromatic rings. The Kier molecular flexibility index (Phi) is 4.18. The predicted octanol–water partition coefficient (Wildman–Crippen LogP) is 2.53. The Hall–Kier alpha value is -2.89. The van der Waals surface area contributed by atoms with Gasteiger partial charge in [0.15, 0.2) is 0 Å². The van der Waals surface area contributed by atoms with Crippen molar-refractivity contribution in [2.24, 2.45) is 0 Å². The first-order valence-electron chi connectivity index (χ1n) is 6.28. The van der Waals surface area contributed by atoms with Crippen LogP contribution >= 0.6 is 0 Å². The number of nitrogens with one attached hydrogen (secondary N) is 1. The van der Waals surface area contributed by atoms with E-state index in [4.69, 9.17) is 0 Å². The quantitative estimate of drug-likeness (QED) is 0.667. The summed E-state index contributed by atoms with van der Waals surface area (Å²) in [6.07, 6.45) is 0. The molecule has 2 aromatic carbocycles. The van der Waals surface area contributed by atoms with E-state index in [1.165, 1.54) is 25.1 Å². The Balaban J connectivity index is 2.43. The van der Waals surface area contributed by atoms with E-state index in [-0.39, 0.29) is 17.3 Å². The van der Waals surface area contributed by atoms with Crippen molar-refractivity contribution in [3.8, 4) is 5.75 Å². The van der Waals surface area contributed by atoms with E-state index in [9.17, 15) is 20.0 Å². The van der Waals surface area contributed by atoms with Crippen molar-refractivity contribution in [2.45, 2.75) is 13.0 Å². The van der Waals surface area contributed by atoms with Crippen LogP contribution in [-0.4, -0.2) is 15.9 Å². The molecule has 0 heterocycles. The second kappa shape index (κ2) is 6.04. The van der Waals surface area contributed by atoms with E-state index >= 15 is 0 Å². The van der Waals surface area contributed by atoms with E-state index in [0.717, 1.165) is 0 Å². The second-order valence-electron chi connectivity index (χ2n) is 4.54. The highest BCUT2D eigenvalue weighted by Gasteiger charge is 2.19. The largest absolute Gasteiger partial charge is 0.508 e. The van der Waals surface area contributed by atoms with Crippen LogP contribution in [0.25, 0.3) is 0 Å². The van der Waals surface area contributed by atoms with Crippen molar-refractivity contribution < 1.29 is 14.8 Å². The van der Waals surface area contributed by atoms with E-state index in [0.29, 0.717) is 11.1 Å². The Morgan fingerprint density at radius 2 is 1.81 bits per heavy atom. The minimum Gasteiger partial charge on any atom is -0.508 e. The summed E-state index contributed by atoms with van der Waals surface area (Å²) in [5, 5.41) is 23.4. The molecule has 0 fully saturated rings. The van der Waals surface area contributed by atoms with E-state index < -0.39 is 11.0 Å². The highest BCUT2D eigenvalue weighted by molar-refractivity contribution is 5.74. The van der Waals surface area contributed by atoms with Gasteiger partial charge in [-0.1, -0.05) is 18.2 Å². The molecule has 2 rings (SSSR count). The molecule has 21 heavy (non-hydrogen) atoms. The van der Waals surface area contributed by atoms with Gasteiger partial charge in [0.1, 0.15) is 5.75 Å². The zero-order valence-corrected chi connectivity index (χ0v) is 11.3. The highest BCUT2D eigenvalue weighted by atomic mass is 16.6. The number of carbonyl (C=O) groups is 1. The predicted molar refractivity (Wildman–Crippen MR) is 76.9 cm³/mol. The van der Waals surface area contributed by atoms with Crippen molar-refractivity contribution in [1.82, 2.24) is 5.32 Å². The molecule has 0 aliphatic carbocycles. The third-order valence-corrected chi connectivity index (χ3v) is 3.03. The van der Waals surface area contributed by atoms with Crippen molar-refractivity contribution in [1.29, 1.82) is 0 Å². The fraction of sp³-hybridized carbons (Fsp3) is 0.133. The summed E-state index contributed by atoms with van der Waals surface area (Å²) < 4.78 is 0. The minimum absolute atomic E-state index is 0.0300. The summed E-state index contributed by atoms with van der Waals surface area (Å²) in [5.41, 5.74) is 1.15. The molecular weight excluding hydrogens is 272 g/mol. The number of nitrogens with zero attached hydrogens (tertiary/aromatic N) is 1. The molecule has 6 heteroatoms. The number of nitro benzene ring substituents is 1. The molecule has 1 atom stereocenters. The van der Waals surface area contributed by atoms with Gasteiger partial charge < -0.3 is 10.4 Å². The first-order valence-corrected chi connectivity index (χ1v) is 6.28. The van der Waals surface area contributed by atoms with E-state index in [1.807, 2.05) is 0 Å². The number of para-hydroxylation sites is 1. The van der Waals surface area contributed by atoms with Crippen LogP contribution in [0, 0.1) is 10.1 Å². The van der Waals surface area contributed by atoms with Crippen molar-refractivity contribution in [3.05, 3.63) is 69.8 Å². The van der Waals surface area contributed by atoms with E-state index in [2.05, 4.69) is 5.32 Å². The fourth-order valence-corrected chi connectivity index (χ4v) is 2.06. The van der Waals surface area contributed by atoms with Crippen LogP contribution in [0.4, 0.5) is 5.69 Å². The Bertz CT molecular complexity index is 668. The summed E-state index contributed by atoms with van der Waals surface area (Å²) in [7, 11) is 0. The van der Waals surface area contributed by atoms with Crippen LogP contribution in [0.2, 0.25) is 0 Å². The molecule has 108 valence electrons. The summed E-state index contributed by atoms with van der Waals surface area (Å²) in [6.45, 7) is 1.37. The standard InChI is InChI=1S/C15H14N2O4/c1-10(18)16-15(13-4-2-3-5-14(13)19)11-6-8-12(9-7-11)17(20)21/h2-9,15,19H,1H3,(H,16,18)/t15-/m0/s1. The molecule has 2 N–H and O–H groups in total. The number of rotatable bonds is 4. The second-order valence-corrected chi connectivity index (χ2v) is 4.54. The third-order valence-electron chi connectivity index (χ3n) is 3.03. The number of benzene rings is 2. The van der Waals surface area contributed by atoms with Gasteiger partial charge in [-0.2, -0.15) is 0 Å². The van der Waals surface area contributed by atoms with Gasteiger partial charge in [-0.3, -0.25) is 14.9 Å². The van der Waals surface area contributed by atoms with Gasteiger partial charge in [0.05, 0.1) is 11.0 Å². The van der Waals surface area contributed by atoms with Crippen LogP contribution in [0.15, 0.2) is 48.5 Å². The number of amides is 1. The maximum Gasteiger partial charge on any atom is 0.269 e. The summed E-state index contributed by atoms with van der Waals surface area (Å²) in [4.78, 5) is 21.6. The van der Waals surface area contributed by atoms with Crippen LogP contribution in [0.1, 0.15) is 24.1 Å². The summed E-state index contributed by atoms with van der Waals surface area (Å²) in [5.74, 6) is -0.212. The molecule has 0 aliphatic heterocycles. The number of aromatic hydroxyl groups is 1. The van der Waals surface area contributed by atoms with Crippen LogP contribution in [0.5, 0.6) is 5.75 Å². The number of hydrogen-bond acceptors (Lipinski definition) is 4. The molecule has 0 bridgehead atoms. The highest BCUT2D eigenvalue weighted by Crippen LogP contribution is 2.30. The lowest BCUT2D eigenvalue weighted by atomic mass is 9.97. The smallest absolute Gasteiger partial charge is 0.269 e. The van der Waals surface area contributed by atoms with Crippen LogP contribution < -0.4 is 5.32 Å². The first kappa shape index (κ1) is 14.5. The maximum absolute atomic E-state index is 11.4. The van der Waals surface area contributed by atoms with Crippen molar-refractivity contribution in [2.75, 3.05) is 0 Å². The third kappa shape index (κ3) is 3.36. The number of phenolic OH excluding ortho intramolecular Hbond substituents is 1. The summed E-state index contributed by atoms with van der Waals surface area (Å²) >= 11 is 0. The van der Waals surface area contributed by atoms with Gasteiger partial charge >= 0.3 is 0 Å². The van der Waals surface area contributed by atoms with Gasteiger partial charge in [0.25, 0.3) is 5.69 Å². The van der Waals surface area contributed by atoms with Gasteiger partial charge in [-0.25, -0.2) is 0 Å². The average Bonchev–Trinajstić information content (AvgIpc) is 2.45. The van der Waals surface area contributed by atoms with Gasteiger partial charge in [-0.15, -0.1) is 0 Å². The molecule has 0 aliphatic rings. The Labute approximate surface area is 121 Å². The molecule has 0 spiro atoms. The van der Waals surface area contributed by atoms with Gasteiger partial charge in [0.2, 0.25) is 5.91 Å². The van der Waals surface area contributed by atoms with Crippen LogP contribution in [0.3, 0.4) is 0 Å². The molecule has 0 unspecified atom stereocenters. The number of phenols is 1. The summed E-state index contributed by atoms with van der Waals surface area (Å²) in [6, 6.07) is 11.9. The first-order chi connectivity index (χ1) is 9.99. The number of nitro groups is 1. The van der Waals surface area contributed by atoms with Crippen molar-refractivity contribution >= 4 is 11.6 Å². The van der Waals surface area contributed by atoms with Gasteiger partial charge in [-0.05, 0) is 23.8 Å². The normalized spacial score (nSPS) is 11.7. The Morgan fingerprint density at radius 1 is 1.19 bits per heavy atom. The molecule has 0 saturated heterocycles. The zero-order chi connectivity index (χ0) is 15.4. The Morgan fingerprint density at radius 3 is 2.33 bits per heavy atom. The topological polar surface area (TPSA) is 92.5 Å². The lowest BCUT2D eigenvalue weighted by Gasteiger charge is -2.19. The maximum atomic E-state index is 11.4. The van der Waals surface area contributed by atoms with E-state index in [1.54, 1.807) is 30.3 Å². The number of non-ortho nitro benzene ring substituents is 1. The fourth-order valence-electron chi connectivity index (χ4n) is 2.06. The van der Waals surface area contributed by atoms with Crippen molar-refractivity contribution in [3.63, 3.8) is 0 Å². The van der Waals surface area contributed by atoms with Gasteiger partial charge in [0, 0.05) is 24.6 Å². The monoisotopic (exact) mass is 286 g/mol. The lowest BCUT2D eigenvalue weighted by molar-refractivity contribution is -0.384. The molecule has 1 amide bonds. The molecule has 0 radical (unpaired) electrons. The molecule has 0 aromatic heterocycles.